The Hall–Kier alpha value is -1.66. The van der Waals surface area contributed by atoms with Gasteiger partial charge < -0.3 is 19.3 Å². The van der Waals surface area contributed by atoms with Crippen molar-refractivity contribution in [2.45, 2.75) is 116 Å². The Kier molecular flexibility index (Phi) is 8.67. The van der Waals surface area contributed by atoms with Gasteiger partial charge in [0.15, 0.2) is 6.10 Å². The minimum absolute atomic E-state index is 0.0585. The van der Waals surface area contributed by atoms with E-state index in [0.717, 1.165) is 18.4 Å². The maximum atomic E-state index is 12.7. The van der Waals surface area contributed by atoms with Crippen molar-refractivity contribution >= 4 is 11.9 Å². The molecule has 1 N–H and O–H groups in total. The van der Waals surface area contributed by atoms with Crippen LogP contribution in [0.25, 0.3) is 0 Å². The molecule has 0 spiro atoms. The Bertz CT molecular complexity index is 788. The second kappa shape index (κ2) is 10.9. The number of ether oxygens (including phenoxy) is 3. The summed E-state index contributed by atoms with van der Waals surface area (Å²) in [6, 6.07) is 0. The third-order valence-electron chi connectivity index (χ3n) is 8.16. The number of rotatable bonds is 7. The summed E-state index contributed by atoms with van der Waals surface area (Å²) in [4.78, 5) is 25.3. The van der Waals surface area contributed by atoms with Crippen molar-refractivity contribution in [3.8, 4) is 0 Å². The summed E-state index contributed by atoms with van der Waals surface area (Å²) >= 11 is 0. The molecule has 0 aromatic heterocycles. The van der Waals surface area contributed by atoms with Crippen molar-refractivity contribution in [3.63, 3.8) is 0 Å². The molecule has 0 radical (unpaired) electrons. The molecule has 0 unspecified atom stereocenters. The van der Waals surface area contributed by atoms with Gasteiger partial charge in [0.2, 0.25) is 0 Å². The maximum Gasteiger partial charge on any atom is 0.306 e. The summed E-state index contributed by atoms with van der Waals surface area (Å²) in [5, 5.41) is 11.0. The largest absolute Gasteiger partial charge is 0.457 e. The molecule has 3 rings (SSSR count). The van der Waals surface area contributed by atoms with Crippen molar-refractivity contribution in [3.05, 3.63) is 24.3 Å². The number of hydrogen-bond donors (Lipinski definition) is 1. The van der Waals surface area contributed by atoms with Crippen molar-refractivity contribution in [1.82, 2.24) is 0 Å². The summed E-state index contributed by atoms with van der Waals surface area (Å²) < 4.78 is 18.9. The highest BCUT2D eigenvalue weighted by atomic mass is 16.6. The van der Waals surface area contributed by atoms with Crippen molar-refractivity contribution in [2.24, 2.45) is 23.7 Å². The smallest absolute Gasteiger partial charge is 0.306 e. The molecule has 3 fully saturated rings. The normalized spacial score (nSPS) is 38.0. The van der Waals surface area contributed by atoms with Crippen LogP contribution in [0.5, 0.6) is 0 Å². The highest BCUT2D eigenvalue weighted by Crippen LogP contribution is 2.56. The van der Waals surface area contributed by atoms with Gasteiger partial charge in [-0.3, -0.25) is 9.59 Å². The Labute approximate surface area is 205 Å². The van der Waals surface area contributed by atoms with Crippen molar-refractivity contribution in [1.29, 1.82) is 0 Å². The van der Waals surface area contributed by atoms with Crippen LogP contribution in [0, 0.1) is 23.7 Å². The van der Waals surface area contributed by atoms with Crippen LogP contribution >= 0.6 is 0 Å². The topological polar surface area (TPSA) is 82.1 Å². The average molecular weight is 477 g/mol. The molecule has 1 saturated carbocycles. The molecule has 2 aliphatic heterocycles. The summed E-state index contributed by atoms with van der Waals surface area (Å²) in [5.41, 5.74) is 0.631. The predicted molar refractivity (Wildman–Crippen MR) is 131 cm³/mol. The molecule has 8 atom stereocenters. The highest BCUT2D eigenvalue weighted by molar-refractivity contribution is 5.70. The van der Waals surface area contributed by atoms with Gasteiger partial charge in [-0.1, -0.05) is 46.4 Å². The lowest BCUT2D eigenvalue weighted by molar-refractivity contribution is -0.185. The fraction of sp³-hybridized carbons (Fsp3) is 0.786. The van der Waals surface area contributed by atoms with E-state index in [4.69, 9.17) is 14.2 Å². The Morgan fingerprint density at radius 3 is 2.41 bits per heavy atom. The van der Waals surface area contributed by atoms with Gasteiger partial charge in [0.25, 0.3) is 0 Å². The van der Waals surface area contributed by atoms with Gasteiger partial charge >= 0.3 is 11.9 Å². The third kappa shape index (κ3) is 5.28. The van der Waals surface area contributed by atoms with E-state index in [0.29, 0.717) is 55.9 Å². The number of carbonyl (C=O) groups excluding carboxylic acids is 2. The molecule has 34 heavy (non-hydrogen) atoms. The monoisotopic (exact) mass is 476 g/mol. The molecule has 2 heterocycles. The van der Waals surface area contributed by atoms with E-state index in [1.165, 1.54) is 0 Å². The maximum absolute atomic E-state index is 12.7. The van der Waals surface area contributed by atoms with Gasteiger partial charge in [-0.2, -0.15) is 0 Å². The molecule has 3 aliphatic rings. The summed E-state index contributed by atoms with van der Waals surface area (Å²) in [6.45, 7) is 18.9. The van der Waals surface area contributed by atoms with Crippen LogP contribution in [0.4, 0.5) is 0 Å². The molecule has 1 aliphatic carbocycles. The number of aliphatic hydroxyl groups is 1. The fourth-order valence-corrected chi connectivity index (χ4v) is 6.37. The zero-order valence-corrected chi connectivity index (χ0v) is 21.7. The van der Waals surface area contributed by atoms with Gasteiger partial charge in [0.1, 0.15) is 17.8 Å². The van der Waals surface area contributed by atoms with Gasteiger partial charge in [0.05, 0.1) is 6.10 Å². The molecule has 0 aromatic carbocycles. The van der Waals surface area contributed by atoms with E-state index in [1.54, 1.807) is 0 Å². The van der Waals surface area contributed by atoms with Gasteiger partial charge in [-0.05, 0) is 62.9 Å². The van der Waals surface area contributed by atoms with E-state index >= 15 is 0 Å². The summed E-state index contributed by atoms with van der Waals surface area (Å²) in [5.74, 6) is 0.238. The average Bonchev–Trinajstić information content (AvgIpc) is 3.18. The second-order valence-corrected chi connectivity index (χ2v) is 11.1. The molecular weight excluding hydrogens is 432 g/mol. The van der Waals surface area contributed by atoms with E-state index in [2.05, 4.69) is 27.0 Å². The van der Waals surface area contributed by atoms with Crippen LogP contribution in [0.3, 0.4) is 0 Å². The lowest BCUT2D eigenvalue weighted by Gasteiger charge is -2.45. The summed E-state index contributed by atoms with van der Waals surface area (Å²) in [6.07, 6.45) is 2.17. The third-order valence-corrected chi connectivity index (χ3v) is 8.16. The Balaban J connectivity index is 2.09. The molecule has 6 heteroatoms. The zero-order valence-electron chi connectivity index (χ0n) is 21.7. The number of hydrogen-bond acceptors (Lipinski definition) is 6. The summed E-state index contributed by atoms with van der Waals surface area (Å²) in [7, 11) is 0. The molecule has 2 saturated heterocycles. The molecular formula is C28H44O6. The van der Waals surface area contributed by atoms with Crippen LogP contribution in [0.15, 0.2) is 24.3 Å². The van der Waals surface area contributed by atoms with Crippen molar-refractivity contribution < 1.29 is 28.9 Å². The van der Waals surface area contributed by atoms with Crippen LogP contribution in [-0.4, -0.2) is 47.1 Å². The van der Waals surface area contributed by atoms with Crippen molar-refractivity contribution in [2.75, 3.05) is 0 Å². The molecule has 2 bridgehead atoms. The molecule has 0 amide bonds. The Morgan fingerprint density at radius 1 is 1.15 bits per heavy atom. The van der Waals surface area contributed by atoms with E-state index < -0.39 is 23.9 Å². The minimum Gasteiger partial charge on any atom is -0.457 e. The van der Waals surface area contributed by atoms with Gasteiger partial charge in [-0.15, -0.1) is 0 Å². The first-order valence-electron chi connectivity index (χ1n) is 13.1. The van der Waals surface area contributed by atoms with Crippen LogP contribution in [0.1, 0.15) is 86.0 Å². The standard InChI is InChI=1S/C28H44O6/c1-8-10-21(30)32-25-18(6)20(29)14-15-28(7,34-22(31)11-9-2)27-24-19(16(3)4)13-12-17(5)23(24)26(25)33-27/h16,19-20,23-27,29H,5-6,8-15H2,1-4,7H3/t19-,20+,23+,24-,25-,26+,27-,28-/m1/s1. The first-order chi connectivity index (χ1) is 16.0. The van der Waals surface area contributed by atoms with Crippen LogP contribution in [-0.2, 0) is 23.8 Å². The van der Waals surface area contributed by atoms with Gasteiger partial charge in [-0.25, -0.2) is 0 Å². The predicted octanol–water partition coefficient (Wildman–Crippen LogP) is 5.13. The van der Waals surface area contributed by atoms with E-state index in [-0.39, 0.29) is 29.9 Å². The number of fused-ring (bicyclic) bond motifs is 5. The zero-order chi connectivity index (χ0) is 25.2. The van der Waals surface area contributed by atoms with E-state index in [9.17, 15) is 14.7 Å². The van der Waals surface area contributed by atoms with Crippen LogP contribution < -0.4 is 0 Å². The number of esters is 2. The molecule has 0 aromatic rings. The first-order valence-corrected chi connectivity index (χ1v) is 13.1. The lowest BCUT2D eigenvalue weighted by Crippen LogP contribution is -2.51. The number of carbonyl (C=O) groups is 2. The van der Waals surface area contributed by atoms with Crippen LogP contribution in [0.2, 0.25) is 0 Å². The SMILES string of the molecule is C=C1CC[C@H](C(C)C)[C@@H]2[C@H]1[C@@H]1O[C@H]2[C@](C)(OC(=O)CCC)CC[C@H](O)C(=C)[C@H]1OC(=O)CCC. The quantitative estimate of drug-likeness (QED) is 0.405. The van der Waals surface area contributed by atoms with Gasteiger partial charge in [0, 0.05) is 24.7 Å². The fourth-order valence-electron chi connectivity index (χ4n) is 6.37. The molecule has 6 nitrogen and oxygen atoms in total. The molecule has 192 valence electrons. The Morgan fingerprint density at radius 2 is 1.79 bits per heavy atom. The van der Waals surface area contributed by atoms with E-state index in [1.807, 2.05) is 20.8 Å². The minimum atomic E-state index is -0.905. The highest BCUT2D eigenvalue weighted by Gasteiger charge is 2.61. The first kappa shape index (κ1) is 26.9. The number of aliphatic hydroxyl groups excluding tert-OH is 1. The lowest BCUT2D eigenvalue weighted by atomic mass is 9.60. The second-order valence-electron chi connectivity index (χ2n) is 11.1.